The average Bonchev–Trinajstić information content (AvgIpc) is 2.67. The fourth-order valence-corrected chi connectivity index (χ4v) is 2.35. The zero-order chi connectivity index (χ0) is 14.9. The van der Waals surface area contributed by atoms with E-state index in [4.69, 9.17) is 17.3 Å². The Hall–Kier alpha value is -2.08. The molecule has 0 saturated heterocycles. The maximum atomic E-state index is 10.9. The molecule has 106 valence electrons. The van der Waals surface area contributed by atoms with Crippen LogP contribution in [-0.4, -0.2) is 14.7 Å². The van der Waals surface area contributed by atoms with Crippen molar-refractivity contribution in [2.75, 3.05) is 5.73 Å². The van der Waals surface area contributed by atoms with Crippen LogP contribution in [0.15, 0.2) is 18.2 Å². The smallest absolute Gasteiger partial charge is 0.271 e. The molecule has 1 aromatic carbocycles. The van der Waals surface area contributed by atoms with Crippen LogP contribution in [0.3, 0.4) is 0 Å². The topological polar surface area (TPSA) is 87.0 Å². The van der Waals surface area contributed by atoms with Crippen molar-refractivity contribution in [2.45, 2.75) is 19.8 Å². The van der Waals surface area contributed by atoms with Gasteiger partial charge in [0.2, 0.25) is 0 Å². The van der Waals surface area contributed by atoms with E-state index in [0.29, 0.717) is 22.1 Å². The second-order valence-corrected chi connectivity index (χ2v) is 4.98. The van der Waals surface area contributed by atoms with Crippen LogP contribution in [0.5, 0.6) is 0 Å². The number of halogens is 1. The number of nitrogens with two attached hydrogens (primary N) is 1. The number of hydrogen-bond acceptors (Lipinski definition) is 4. The summed E-state index contributed by atoms with van der Waals surface area (Å²) in [5, 5.41) is 15.6. The molecular formula is C13H15ClN4O2. The number of aromatic nitrogens is 2. The first-order valence-electron chi connectivity index (χ1n) is 6.20. The van der Waals surface area contributed by atoms with E-state index in [-0.39, 0.29) is 5.69 Å². The van der Waals surface area contributed by atoms with Gasteiger partial charge in [-0.2, -0.15) is 5.10 Å². The summed E-state index contributed by atoms with van der Waals surface area (Å²) in [4.78, 5) is 10.4. The highest BCUT2D eigenvalue weighted by Gasteiger charge is 2.18. The minimum atomic E-state index is -0.471. The summed E-state index contributed by atoms with van der Waals surface area (Å²) in [6.07, 6.45) is 1.67. The highest BCUT2D eigenvalue weighted by Crippen LogP contribution is 2.32. The first-order valence-corrected chi connectivity index (χ1v) is 6.58. The molecule has 1 heterocycles. The largest absolute Gasteiger partial charge is 0.384 e. The minimum Gasteiger partial charge on any atom is -0.384 e. The van der Waals surface area contributed by atoms with Crippen LogP contribution in [0.4, 0.5) is 11.5 Å². The fraction of sp³-hybridized carbons (Fsp3) is 0.308. The van der Waals surface area contributed by atoms with Crippen molar-refractivity contribution in [3.63, 3.8) is 0 Å². The number of hydrogen-bond donors (Lipinski definition) is 1. The van der Waals surface area contributed by atoms with Crippen LogP contribution >= 0.6 is 11.6 Å². The first-order chi connectivity index (χ1) is 9.43. The Kier molecular flexibility index (Phi) is 3.94. The third-order valence-electron chi connectivity index (χ3n) is 3.06. The molecule has 0 spiro atoms. The highest BCUT2D eigenvalue weighted by atomic mass is 35.5. The Bertz CT molecular complexity index is 667. The Balaban J connectivity index is 2.62. The predicted molar refractivity (Wildman–Crippen MR) is 78.7 cm³/mol. The molecule has 20 heavy (non-hydrogen) atoms. The molecule has 0 aliphatic carbocycles. The van der Waals surface area contributed by atoms with Gasteiger partial charge in [-0.25, -0.2) is 0 Å². The Morgan fingerprint density at radius 3 is 2.75 bits per heavy atom. The molecule has 0 aliphatic heterocycles. The number of aryl methyl sites for hydroxylation is 1. The molecule has 0 fully saturated rings. The van der Waals surface area contributed by atoms with Crippen LogP contribution in [0.25, 0.3) is 11.3 Å². The summed E-state index contributed by atoms with van der Waals surface area (Å²) < 4.78 is 1.58. The molecule has 0 unspecified atom stereocenters. The van der Waals surface area contributed by atoms with Gasteiger partial charge < -0.3 is 5.73 Å². The van der Waals surface area contributed by atoms with Gasteiger partial charge in [0.05, 0.1) is 10.6 Å². The molecule has 0 radical (unpaired) electrons. The second kappa shape index (κ2) is 5.50. The van der Waals surface area contributed by atoms with E-state index in [2.05, 4.69) is 5.10 Å². The van der Waals surface area contributed by atoms with Crippen LogP contribution in [0, 0.1) is 10.1 Å². The van der Waals surface area contributed by atoms with Crippen LogP contribution in [0.1, 0.15) is 18.9 Å². The lowest BCUT2D eigenvalue weighted by atomic mass is 10.0. The molecular weight excluding hydrogens is 280 g/mol. The molecule has 0 saturated carbocycles. The monoisotopic (exact) mass is 294 g/mol. The number of nitro groups is 1. The normalized spacial score (nSPS) is 10.8. The summed E-state index contributed by atoms with van der Waals surface area (Å²) in [6, 6.07) is 4.44. The van der Waals surface area contributed by atoms with Gasteiger partial charge in [-0.1, -0.05) is 24.9 Å². The molecule has 2 aromatic rings. The lowest BCUT2D eigenvalue weighted by Crippen LogP contribution is -1.99. The molecule has 1 aromatic heterocycles. The number of non-ortho nitro benzene ring substituents is 1. The summed E-state index contributed by atoms with van der Waals surface area (Å²) >= 11 is 5.95. The number of benzene rings is 1. The van der Waals surface area contributed by atoms with Gasteiger partial charge in [-0.15, -0.1) is 0 Å². The molecule has 2 rings (SSSR count). The number of rotatable bonds is 4. The van der Waals surface area contributed by atoms with Crippen LogP contribution < -0.4 is 5.73 Å². The van der Waals surface area contributed by atoms with E-state index >= 15 is 0 Å². The molecule has 6 nitrogen and oxygen atoms in total. The van der Waals surface area contributed by atoms with Crippen LogP contribution in [0.2, 0.25) is 5.02 Å². The van der Waals surface area contributed by atoms with Crippen molar-refractivity contribution in [3.05, 3.63) is 38.9 Å². The lowest BCUT2D eigenvalue weighted by Gasteiger charge is -2.03. The zero-order valence-electron chi connectivity index (χ0n) is 11.3. The summed E-state index contributed by atoms with van der Waals surface area (Å²) in [6.45, 7) is 2.04. The van der Waals surface area contributed by atoms with E-state index in [1.807, 2.05) is 6.92 Å². The zero-order valence-corrected chi connectivity index (χ0v) is 12.0. The van der Waals surface area contributed by atoms with Gasteiger partial charge in [0.1, 0.15) is 5.82 Å². The van der Waals surface area contributed by atoms with Crippen molar-refractivity contribution in [3.8, 4) is 11.3 Å². The number of nitrogen functional groups attached to an aromatic ring is 1. The van der Waals surface area contributed by atoms with E-state index in [9.17, 15) is 10.1 Å². The molecule has 2 N–H and O–H groups in total. The van der Waals surface area contributed by atoms with Crippen molar-refractivity contribution in [1.82, 2.24) is 9.78 Å². The van der Waals surface area contributed by atoms with E-state index in [1.54, 1.807) is 17.8 Å². The maximum Gasteiger partial charge on any atom is 0.271 e. The minimum absolute atomic E-state index is 0.0563. The standard InChI is InChI=1S/C13H15ClN4O2/c1-3-4-11-12(16-17(2)13(11)15)8-5-9(14)7-10(6-8)18(19)20/h5-7H,3-4,15H2,1-2H3. The Morgan fingerprint density at radius 2 is 2.15 bits per heavy atom. The van der Waals surface area contributed by atoms with Crippen molar-refractivity contribution < 1.29 is 4.92 Å². The molecule has 0 aliphatic rings. The molecule has 0 atom stereocenters. The van der Waals surface area contributed by atoms with E-state index in [1.165, 1.54) is 12.1 Å². The maximum absolute atomic E-state index is 10.9. The van der Waals surface area contributed by atoms with Gasteiger partial charge >= 0.3 is 0 Å². The van der Waals surface area contributed by atoms with Gasteiger partial charge in [-0.3, -0.25) is 14.8 Å². The quantitative estimate of drug-likeness (QED) is 0.693. The summed E-state index contributed by atoms with van der Waals surface area (Å²) in [7, 11) is 1.75. The third-order valence-corrected chi connectivity index (χ3v) is 3.28. The second-order valence-electron chi connectivity index (χ2n) is 4.54. The average molecular weight is 295 g/mol. The van der Waals surface area contributed by atoms with Crippen molar-refractivity contribution >= 4 is 23.1 Å². The Morgan fingerprint density at radius 1 is 1.45 bits per heavy atom. The SMILES string of the molecule is CCCc1c(-c2cc(Cl)cc([N+](=O)[O-])c2)nn(C)c1N. The summed E-state index contributed by atoms with van der Waals surface area (Å²) in [5.41, 5.74) is 8.10. The first kappa shape index (κ1) is 14.3. The summed E-state index contributed by atoms with van der Waals surface area (Å²) in [5.74, 6) is 0.574. The van der Waals surface area contributed by atoms with Crippen LogP contribution in [-0.2, 0) is 13.5 Å². The molecule has 7 heteroatoms. The van der Waals surface area contributed by atoms with Gasteiger partial charge in [0, 0.05) is 35.3 Å². The molecule has 0 amide bonds. The van der Waals surface area contributed by atoms with E-state index < -0.39 is 4.92 Å². The third kappa shape index (κ3) is 2.60. The van der Waals surface area contributed by atoms with Crippen molar-refractivity contribution in [2.24, 2.45) is 7.05 Å². The predicted octanol–water partition coefficient (Wildman–Crippen LogP) is 3.18. The van der Waals surface area contributed by atoms with Gasteiger partial charge in [-0.05, 0) is 12.5 Å². The lowest BCUT2D eigenvalue weighted by molar-refractivity contribution is -0.384. The Labute approximate surface area is 121 Å². The van der Waals surface area contributed by atoms with E-state index in [0.717, 1.165) is 18.4 Å². The highest BCUT2D eigenvalue weighted by molar-refractivity contribution is 6.31. The molecule has 0 bridgehead atoms. The van der Waals surface area contributed by atoms with Crippen molar-refractivity contribution in [1.29, 1.82) is 0 Å². The number of anilines is 1. The number of nitro benzene ring substituents is 1. The van der Waals surface area contributed by atoms with Gasteiger partial charge in [0.25, 0.3) is 5.69 Å². The fourth-order valence-electron chi connectivity index (χ4n) is 2.13. The van der Waals surface area contributed by atoms with Gasteiger partial charge in [0.15, 0.2) is 0 Å². The number of nitrogens with zero attached hydrogens (tertiary/aromatic N) is 3.